The van der Waals surface area contributed by atoms with Gasteiger partial charge in [-0.2, -0.15) is 0 Å². The molecule has 0 aliphatic carbocycles. The predicted octanol–water partition coefficient (Wildman–Crippen LogP) is 4.14. The molecule has 0 heteroatoms. The fourth-order valence-electron chi connectivity index (χ4n) is 1.28. The maximum absolute atomic E-state index is 3.96. The molecule has 68 valence electrons. The highest BCUT2D eigenvalue weighted by molar-refractivity contribution is 5.71. The average molecular weight is 172 g/mol. The molecule has 0 bridgehead atoms. The number of hydrogen-bond donors (Lipinski definition) is 0. The highest BCUT2D eigenvalue weighted by atomic mass is 14.0. The standard InChI is InChI=1S/C13H16/c1-4-5-8-12-9-6-7-10-13(12)11(2)3/h5-10H,2,4H2,1,3H3. The lowest BCUT2D eigenvalue weighted by atomic mass is 10.0. The van der Waals surface area contributed by atoms with Gasteiger partial charge in [0.15, 0.2) is 0 Å². The van der Waals surface area contributed by atoms with Crippen molar-refractivity contribution in [3.63, 3.8) is 0 Å². The summed E-state index contributed by atoms with van der Waals surface area (Å²) < 4.78 is 0. The quantitative estimate of drug-likeness (QED) is 0.642. The van der Waals surface area contributed by atoms with E-state index in [0.717, 1.165) is 12.0 Å². The summed E-state index contributed by atoms with van der Waals surface area (Å²) in [6.07, 6.45) is 5.40. The minimum absolute atomic E-state index is 1.07. The lowest BCUT2D eigenvalue weighted by Crippen LogP contribution is -1.82. The second-order valence-electron chi connectivity index (χ2n) is 3.18. The molecule has 0 N–H and O–H groups in total. The second-order valence-corrected chi connectivity index (χ2v) is 3.18. The third kappa shape index (κ3) is 2.59. The van der Waals surface area contributed by atoms with Gasteiger partial charge in [-0.05, 0) is 24.5 Å². The van der Waals surface area contributed by atoms with Gasteiger partial charge in [0.25, 0.3) is 0 Å². The highest BCUT2D eigenvalue weighted by Crippen LogP contribution is 2.18. The van der Waals surface area contributed by atoms with Crippen molar-refractivity contribution in [1.82, 2.24) is 0 Å². The molecule has 0 unspecified atom stereocenters. The molecule has 0 radical (unpaired) electrons. The van der Waals surface area contributed by atoms with Gasteiger partial charge in [-0.15, -0.1) is 0 Å². The van der Waals surface area contributed by atoms with Crippen LogP contribution in [0.2, 0.25) is 0 Å². The van der Waals surface area contributed by atoms with Gasteiger partial charge < -0.3 is 0 Å². The molecule has 0 saturated carbocycles. The Morgan fingerprint density at radius 2 is 2.08 bits per heavy atom. The molecule has 0 spiro atoms. The monoisotopic (exact) mass is 172 g/mol. The Kier molecular flexibility index (Phi) is 3.51. The fourth-order valence-corrected chi connectivity index (χ4v) is 1.28. The first-order valence-electron chi connectivity index (χ1n) is 4.67. The molecule has 0 nitrogen and oxygen atoms in total. The van der Waals surface area contributed by atoms with Crippen LogP contribution in [0, 0.1) is 0 Å². The van der Waals surface area contributed by atoms with E-state index in [0.29, 0.717) is 0 Å². The normalized spacial score (nSPS) is 10.6. The van der Waals surface area contributed by atoms with E-state index in [4.69, 9.17) is 0 Å². The first-order chi connectivity index (χ1) is 6.25. The molecular formula is C13H16. The predicted molar refractivity (Wildman–Crippen MR) is 60.5 cm³/mol. The molecule has 0 heterocycles. The molecule has 0 aliphatic heterocycles. The van der Waals surface area contributed by atoms with E-state index < -0.39 is 0 Å². The molecule has 13 heavy (non-hydrogen) atoms. The van der Waals surface area contributed by atoms with Crippen LogP contribution in [0.5, 0.6) is 0 Å². The van der Waals surface area contributed by atoms with Crippen molar-refractivity contribution in [3.05, 3.63) is 48.0 Å². The van der Waals surface area contributed by atoms with Crippen LogP contribution >= 0.6 is 0 Å². The molecule has 0 amide bonds. The van der Waals surface area contributed by atoms with Crippen molar-refractivity contribution < 1.29 is 0 Å². The van der Waals surface area contributed by atoms with Crippen molar-refractivity contribution in [2.75, 3.05) is 0 Å². The Morgan fingerprint density at radius 3 is 2.69 bits per heavy atom. The van der Waals surface area contributed by atoms with Gasteiger partial charge in [-0.3, -0.25) is 0 Å². The van der Waals surface area contributed by atoms with Gasteiger partial charge in [-0.1, -0.05) is 55.5 Å². The van der Waals surface area contributed by atoms with Crippen LogP contribution in [0.15, 0.2) is 36.9 Å². The molecule has 1 rings (SSSR count). The van der Waals surface area contributed by atoms with Crippen LogP contribution in [0.25, 0.3) is 11.6 Å². The van der Waals surface area contributed by atoms with Crippen LogP contribution in [0.4, 0.5) is 0 Å². The van der Waals surface area contributed by atoms with Gasteiger partial charge in [-0.25, -0.2) is 0 Å². The topological polar surface area (TPSA) is 0 Å². The maximum Gasteiger partial charge on any atom is -0.0161 e. The van der Waals surface area contributed by atoms with Gasteiger partial charge in [0.2, 0.25) is 0 Å². The van der Waals surface area contributed by atoms with Crippen molar-refractivity contribution in [1.29, 1.82) is 0 Å². The highest BCUT2D eigenvalue weighted by Gasteiger charge is 1.97. The van der Waals surface area contributed by atoms with Gasteiger partial charge in [0, 0.05) is 0 Å². The number of benzene rings is 1. The SMILES string of the molecule is C=C(C)c1ccccc1C=CCC. The van der Waals surface area contributed by atoms with E-state index in [1.165, 1.54) is 11.1 Å². The second kappa shape index (κ2) is 4.66. The minimum atomic E-state index is 1.07. The van der Waals surface area contributed by atoms with Gasteiger partial charge in [0.1, 0.15) is 0 Å². The summed E-state index contributed by atoms with van der Waals surface area (Å²) in [5.41, 5.74) is 3.63. The van der Waals surface area contributed by atoms with Crippen molar-refractivity contribution in [3.8, 4) is 0 Å². The summed E-state index contributed by atoms with van der Waals surface area (Å²) >= 11 is 0. The van der Waals surface area contributed by atoms with E-state index in [2.05, 4.69) is 43.9 Å². The number of allylic oxidation sites excluding steroid dienone is 2. The fraction of sp³-hybridized carbons (Fsp3) is 0.231. The average Bonchev–Trinajstić information content (AvgIpc) is 2.15. The Hall–Kier alpha value is -1.30. The third-order valence-electron chi connectivity index (χ3n) is 1.95. The number of rotatable bonds is 3. The van der Waals surface area contributed by atoms with Crippen molar-refractivity contribution in [2.24, 2.45) is 0 Å². The van der Waals surface area contributed by atoms with Crippen LogP contribution in [-0.4, -0.2) is 0 Å². The summed E-state index contributed by atoms with van der Waals surface area (Å²) in [6.45, 7) is 8.14. The van der Waals surface area contributed by atoms with Gasteiger partial charge >= 0.3 is 0 Å². The van der Waals surface area contributed by atoms with Crippen LogP contribution < -0.4 is 0 Å². The van der Waals surface area contributed by atoms with E-state index >= 15 is 0 Å². The molecule has 0 atom stereocenters. The molecule has 0 fully saturated rings. The van der Waals surface area contributed by atoms with E-state index in [9.17, 15) is 0 Å². The zero-order valence-electron chi connectivity index (χ0n) is 8.38. The lowest BCUT2D eigenvalue weighted by Gasteiger charge is -2.03. The first kappa shape index (κ1) is 9.79. The minimum Gasteiger partial charge on any atom is -0.0955 e. The zero-order chi connectivity index (χ0) is 9.68. The molecule has 0 aromatic heterocycles. The summed E-state index contributed by atoms with van der Waals surface area (Å²) in [5, 5.41) is 0. The summed E-state index contributed by atoms with van der Waals surface area (Å²) in [5.74, 6) is 0. The molecule has 1 aromatic carbocycles. The Morgan fingerprint density at radius 1 is 1.38 bits per heavy atom. The van der Waals surface area contributed by atoms with E-state index in [1.54, 1.807) is 0 Å². The van der Waals surface area contributed by atoms with Crippen LogP contribution in [0.1, 0.15) is 31.4 Å². The maximum atomic E-state index is 3.96. The molecule has 0 saturated heterocycles. The van der Waals surface area contributed by atoms with E-state index in [-0.39, 0.29) is 0 Å². The molecule has 0 aliphatic rings. The van der Waals surface area contributed by atoms with E-state index in [1.807, 2.05) is 13.0 Å². The molecular weight excluding hydrogens is 156 g/mol. The van der Waals surface area contributed by atoms with Crippen LogP contribution in [-0.2, 0) is 0 Å². The third-order valence-corrected chi connectivity index (χ3v) is 1.95. The lowest BCUT2D eigenvalue weighted by molar-refractivity contribution is 1.23. The summed E-state index contributed by atoms with van der Waals surface area (Å²) in [6, 6.07) is 8.34. The smallest absolute Gasteiger partial charge is 0.0161 e. The first-order valence-corrected chi connectivity index (χ1v) is 4.67. The largest absolute Gasteiger partial charge is 0.0955 e. The van der Waals surface area contributed by atoms with Gasteiger partial charge in [0.05, 0.1) is 0 Å². The Bertz CT molecular complexity index is 319. The Balaban J connectivity index is 3.05. The summed E-state index contributed by atoms with van der Waals surface area (Å²) in [4.78, 5) is 0. The van der Waals surface area contributed by atoms with Crippen LogP contribution in [0.3, 0.4) is 0 Å². The summed E-state index contributed by atoms with van der Waals surface area (Å²) in [7, 11) is 0. The Labute approximate surface area is 80.6 Å². The zero-order valence-corrected chi connectivity index (χ0v) is 8.38. The molecule has 1 aromatic rings. The van der Waals surface area contributed by atoms with Crippen molar-refractivity contribution >= 4 is 11.6 Å². The number of hydrogen-bond acceptors (Lipinski definition) is 0. The van der Waals surface area contributed by atoms with Crippen molar-refractivity contribution in [2.45, 2.75) is 20.3 Å².